The minimum absolute atomic E-state index is 0.120. The van der Waals surface area contributed by atoms with Crippen molar-refractivity contribution in [1.82, 2.24) is 0 Å². The molecule has 0 aliphatic carbocycles. The van der Waals surface area contributed by atoms with Gasteiger partial charge in [0, 0.05) is 6.72 Å². The van der Waals surface area contributed by atoms with Crippen molar-refractivity contribution in [1.29, 1.82) is 0 Å². The first kappa shape index (κ1) is 7.47. The quantitative estimate of drug-likeness (QED) is 0.647. The average Bonchev–Trinajstić information content (AvgIpc) is 2.04. The van der Waals surface area contributed by atoms with Gasteiger partial charge in [-0.05, 0) is 12.1 Å². The van der Waals surface area contributed by atoms with Crippen molar-refractivity contribution in [2.75, 3.05) is 0 Å². The molecular weight excluding hydrogens is 142 g/mol. The summed E-state index contributed by atoms with van der Waals surface area (Å²) in [5.74, 6) is -1.02. The summed E-state index contributed by atoms with van der Waals surface area (Å²) in [6.45, 7) is 4.95. The third-order valence-corrected chi connectivity index (χ3v) is 1.27. The first-order chi connectivity index (χ1) is 5.25. The number of aliphatic imine (C=N–C) groups is 1. The van der Waals surface area contributed by atoms with Gasteiger partial charge in [-0.3, -0.25) is 4.99 Å². The van der Waals surface area contributed by atoms with Crippen LogP contribution in [0.15, 0.2) is 29.3 Å². The number of carbonyl (C=O) groups is 1. The van der Waals surface area contributed by atoms with Crippen LogP contribution in [0.25, 0.3) is 0 Å². The van der Waals surface area contributed by atoms with Gasteiger partial charge in [-0.2, -0.15) is 0 Å². The Morgan fingerprint density at radius 1 is 1.45 bits per heavy atom. The van der Waals surface area contributed by atoms with Crippen LogP contribution >= 0.6 is 0 Å². The predicted molar refractivity (Wildman–Crippen MR) is 41.6 cm³/mol. The molecular formula is C8H6NO2. The van der Waals surface area contributed by atoms with Crippen LogP contribution in [0.2, 0.25) is 0 Å². The summed E-state index contributed by atoms with van der Waals surface area (Å²) in [5, 5.41) is 8.58. The Bertz CT molecular complexity index is 294. The van der Waals surface area contributed by atoms with E-state index in [-0.39, 0.29) is 5.56 Å². The molecule has 0 saturated heterocycles. The zero-order valence-electron chi connectivity index (χ0n) is 5.69. The molecule has 55 valence electrons. The summed E-state index contributed by atoms with van der Waals surface area (Å²) in [5.41, 5.74) is 0.412. The number of carboxylic acid groups (broad SMARTS) is 1. The van der Waals surface area contributed by atoms with Crippen LogP contribution in [-0.2, 0) is 0 Å². The summed E-state index contributed by atoms with van der Waals surface area (Å²) in [4.78, 5) is 13.8. The molecule has 1 aromatic carbocycles. The van der Waals surface area contributed by atoms with Crippen molar-refractivity contribution in [2.24, 2.45) is 4.99 Å². The molecule has 0 atom stereocenters. The number of carboxylic acids is 1. The van der Waals surface area contributed by atoms with Crippen LogP contribution in [0, 0.1) is 0 Å². The highest BCUT2D eigenvalue weighted by Gasteiger charge is 2.05. The van der Waals surface area contributed by atoms with E-state index in [0.717, 1.165) is 0 Å². The summed E-state index contributed by atoms with van der Waals surface area (Å²) < 4.78 is 0. The van der Waals surface area contributed by atoms with Gasteiger partial charge >= 0.3 is 5.97 Å². The highest BCUT2D eigenvalue weighted by molar-refractivity contribution is 5.93. The number of aromatic carboxylic acids is 1. The molecule has 0 bridgehead atoms. The van der Waals surface area contributed by atoms with Crippen LogP contribution in [0.4, 0.5) is 5.69 Å². The minimum atomic E-state index is -1.02. The van der Waals surface area contributed by atoms with E-state index in [2.05, 4.69) is 4.99 Å². The zero-order valence-corrected chi connectivity index (χ0v) is 5.69. The van der Waals surface area contributed by atoms with Gasteiger partial charge in [0.2, 0.25) is 0 Å². The topological polar surface area (TPSA) is 49.7 Å². The first-order valence-electron chi connectivity index (χ1n) is 2.99. The molecule has 0 unspecified atom stereocenters. The molecule has 0 amide bonds. The fourth-order valence-electron chi connectivity index (χ4n) is 0.767. The molecule has 0 heterocycles. The third-order valence-electron chi connectivity index (χ3n) is 1.27. The Hall–Kier alpha value is -1.64. The average molecular weight is 148 g/mol. The van der Waals surface area contributed by atoms with Crippen molar-refractivity contribution in [2.45, 2.75) is 0 Å². The second kappa shape index (κ2) is 2.96. The van der Waals surface area contributed by atoms with Gasteiger partial charge in [0.05, 0.1) is 11.3 Å². The lowest BCUT2D eigenvalue weighted by Gasteiger charge is -1.96. The molecule has 1 aromatic rings. The normalized spacial score (nSPS) is 9.09. The Labute approximate surface area is 64.0 Å². The van der Waals surface area contributed by atoms with Crippen LogP contribution < -0.4 is 0 Å². The molecule has 3 heteroatoms. The summed E-state index contributed by atoms with van der Waals surface area (Å²) in [6, 6.07) is 6.30. The second-order valence-electron chi connectivity index (χ2n) is 1.95. The number of benzene rings is 1. The lowest BCUT2D eigenvalue weighted by molar-refractivity contribution is 0.0698. The molecule has 0 saturated carbocycles. The Balaban J connectivity index is 3.22. The molecule has 0 fully saturated rings. The fraction of sp³-hybridized carbons (Fsp3) is 0. The zero-order chi connectivity index (χ0) is 8.27. The minimum Gasteiger partial charge on any atom is -0.478 e. The fourth-order valence-corrected chi connectivity index (χ4v) is 0.767. The molecule has 1 radical (unpaired) electrons. The van der Waals surface area contributed by atoms with Crippen molar-refractivity contribution >= 4 is 18.4 Å². The molecule has 0 aliphatic heterocycles. The monoisotopic (exact) mass is 148 g/mol. The van der Waals surface area contributed by atoms with Crippen molar-refractivity contribution in [3.63, 3.8) is 0 Å². The Morgan fingerprint density at radius 2 is 2.09 bits per heavy atom. The maximum Gasteiger partial charge on any atom is 0.337 e. The first-order valence-corrected chi connectivity index (χ1v) is 2.99. The van der Waals surface area contributed by atoms with E-state index < -0.39 is 5.97 Å². The largest absolute Gasteiger partial charge is 0.478 e. The van der Waals surface area contributed by atoms with Crippen molar-refractivity contribution in [3.05, 3.63) is 29.8 Å². The van der Waals surface area contributed by atoms with Crippen molar-refractivity contribution in [3.8, 4) is 0 Å². The number of hydrogen-bond acceptors (Lipinski definition) is 2. The van der Waals surface area contributed by atoms with E-state index in [4.69, 9.17) is 11.8 Å². The molecule has 0 aliphatic rings. The van der Waals surface area contributed by atoms with E-state index in [0.29, 0.717) is 5.69 Å². The van der Waals surface area contributed by atoms with Crippen LogP contribution in [0.5, 0.6) is 0 Å². The van der Waals surface area contributed by atoms with Gasteiger partial charge in [0.25, 0.3) is 0 Å². The standard InChI is InChI=1S/C8H6NO2/c1-9-7-5-3-2-4-6(7)8(10)11/h1-5H,(H,10,11). The third kappa shape index (κ3) is 1.43. The predicted octanol–water partition coefficient (Wildman–Crippen LogP) is 1.59. The molecule has 1 rings (SSSR count). The highest BCUT2D eigenvalue weighted by atomic mass is 16.4. The van der Waals surface area contributed by atoms with E-state index in [1.54, 1.807) is 18.2 Å². The lowest BCUT2D eigenvalue weighted by Crippen LogP contribution is -1.95. The maximum absolute atomic E-state index is 10.5. The second-order valence-corrected chi connectivity index (χ2v) is 1.95. The number of hydrogen-bond donors (Lipinski definition) is 1. The molecule has 3 nitrogen and oxygen atoms in total. The van der Waals surface area contributed by atoms with Gasteiger partial charge in [0.1, 0.15) is 0 Å². The van der Waals surface area contributed by atoms with Crippen LogP contribution in [0.3, 0.4) is 0 Å². The number of para-hydroxylation sites is 1. The molecule has 0 aromatic heterocycles. The van der Waals surface area contributed by atoms with Crippen LogP contribution in [-0.4, -0.2) is 17.8 Å². The Kier molecular flexibility index (Phi) is 2.01. The smallest absolute Gasteiger partial charge is 0.337 e. The van der Waals surface area contributed by atoms with Gasteiger partial charge in [-0.25, -0.2) is 4.79 Å². The maximum atomic E-state index is 10.5. The van der Waals surface area contributed by atoms with Gasteiger partial charge in [0.15, 0.2) is 0 Å². The van der Waals surface area contributed by atoms with E-state index in [1.807, 2.05) is 0 Å². The molecule has 0 spiro atoms. The summed E-state index contributed by atoms with van der Waals surface area (Å²) in [6.07, 6.45) is 0. The number of rotatable bonds is 2. The SMILES string of the molecule is [CH]=Nc1ccccc1C(=O)O. The van der Waals surface area contributed by atoms with E-state index in [1.165, 1.54) is 6.07 Å². The molecule has 11 heavy (non-hydrogen) atoms. The van der Waals surface area contributed by atoms with Crippen LogP contribution in [0.1, 0.15) is 10.4 Å². The van der Waals surface area contributed by atoms with Gasteiger partial charge in [-0.15, -0.1) is 0 Å². The highest BCUT2D eigenvalue weighted by Crippen LogP contribution is 2.16. The number of nitrogens with zero attached hydrogens (tertiary/aromatic N) is 1. The Morgan fingerprint density at radius 3 is 2.55 bits per heavy atom. The summed E-state index contributed by atoms with van der Waals surface area (Å²) in [7, 11) is 0. The summed E-state index contributed by atoms with van der Waals surface area (Å²) >= 11 is 0. The van der Waals surface area contributed by atoms with E-state index in [9.17, 15) is 4.79 Å². The van der Waals surface area contributed by atoms with Gasteiger partial charge < -0.3 is 5.11 Å². The molecule has 1 N–H and O–H groups in total. The van der Waals surface area contributed by atoms with Crippen molar-refractivity contribution < 1.29 is 9.90 Å². The lowest BCUT2D eigenvalue weighted by atomic mass is 10.2. The van der Waals surface area contributed by atoms with E-state index >= 15 is 0 Å². The van der Waals surface area contributed by atoms with Gasteiger partial charge in [-0.1, -0.05) is 12.1 Å².